The maximum absolute atomic E-state index is 14.0. The Balaban J connectivity index is 1.71. The number of aryl methyl sites for hydroxylation is 1. The minimum Gasteiger partial charge on any atom is -0.376 e. The molecule has 0 saturated carbocycles. The van der Waals surface area contributed by atoms with Gasteiger partial charge < -0.3 is 20.6 Å². The summed E-state index contributed by atoms with van der Waals surface area (Å²) in [6.45, 7) is 11.7. The molecule has 0 bridgehead atoms. The number of rotatable bonds is 18. The largest absolute Gasteiger partial charge is 0.376 e. The van der Waals surface area contributed by atoms with Crippen LogP contribution in [0.1, 0.15) is 96.1 Å². The lowest BCUT2D eigenvalue weighted by Crippen LogP contribution is -2.57. The Morgan fingerprint density at radius 2 is 1.96 bits per heavy atom. The SMILES string of the molecule is [3H]c1ccc(CC(CC(C)C(C)=O)NC(=O)c2csc(CCC(C(C)C)N(CO)C(=O)C(NC(=O)C3CCCN3C)C(C)CC)n2)cc1S. The van der Waals surface area contributed by atoms with E-state index in [-0.39, 0.29) is 65.1 Å². The lowest BCUT2D eigenvalue weighted by atomic mass is 9.93. The van der Waals surface area contributed by atoms with E-state index < -0.39 is 12.8 Å². The zero-order valence-electron chi connectivity index (χ0n) is 30.5. The number of amides is 3. The molecule has 2 aromatic rings. The van der Waals surface area contributed by atoms with Crippen molar-refractivity contribution in [3.05, 3.63) is 45.9 Å². The minimum absolute atomic E-state index is 0.0130. The van der Waals surface area contributed by atoms with Crippen LogP contribution < -0.4 is 10.6 Å². The molecule has 0 aliphatic carbocycles. The quantitative estimate of drug-likeness (QED) is 0.130. The normalized spacial score (nSPS) is 18.5. The standard InChI is InChI=1S/C36H55N5O5S2/c1-8-23(4)33(39-35(45)31-13-10-16-40(31)7)36(46)41(21-42)30(22(2)3)14-15-32-38-29(20-48-32)34(44)37-27(17-24(5)25(6)43)18-26-11-9-12-28(47)19-26/h9,11-12,19-20,22-24,27,30-31,33,42,47H,8,10,13-18,21H2,1-7H3,(H,37,44)(H,39,45)/i12T. The minimum atomic E-state index is -0.752. The Bertz CT molecular complexity index is 1440. The monoisotopic (exact) mass is 703 g/mol. The van der Waals surface area contributed by atoms with Crippen molar-refractivity contribution in [1.82, 2.24) is 25.4 Å². The zero-order chi connectivity index (χ0) is 36.4. The third-order valence-electron chi connectivity index (χ3n) is 9.64. The molecule has 266 valence electrons. The Labute approximate surface area is 297 Å². The van der Waals surface area contributed by atoms with E-state index in [2.05, 4.69) is 28.2 Å². The molecule has 1 aromatic carbocycles. The number of aliphatic hydroxyl groups is 1. The number of hydrogen-bond donors (Lipinski definition) is 4. The number of nitrogens with zero attached hydrogens (tertiary/aromatic N) is 3. The van der Waals surface area contributed by atoms with E-state index in [1.54, 1.807) is 18.4 Å². The summed E-state index contributed by atoms with van der Waals surface area (Å²) >= 11 is 5.73. The highest BCUT2D eigenvalue weighted by Gasteiger charge is 2.37. The second-order valence-electron chi connectivity index (χ2n) is 13.6. The Kier molecular flexibility index (Phi) is 14.9. The van der Waals surface area contributed by atoms with Gasteiger partial charge in [0.1, 0.15) is 24.2 Å². The molecule has 3 amide bonds. The summed E-state index contributed by atoms with van der Waals surface area (Å²) < 4.78 is 7.89. The summed E-state index contributed by atoms with van der Waals surface area (Å²) in [6.07, 6.45) is 4.33. The maximum Gasteiger partial charge on any atom is 0.270 e. The predicted octanol–water partition coefficient (Wildman–Crippen LogP) is 4.75. The topological polar surface area (TPSA) is 132 Å². The lowest BCUT2D eigenvalue weighted by molar-refractivity contribution is -0.145. The van der Waals surface area contributed by atoms with Gasteiger partial charge in [-0.3, -0.25) is 24.1 Å². The summed E-state index contributed by atoms with van der Waals surface area (Å²) in [5, 5.41) is 19.0. The van der Waals surface area contributed by atoms with Gasteiger partial charge in [-0.2, -0.15) is 0 Å². The van der Waals surface area contributed by atoms with Gasteiger partial charge in [-0.15, -0.1) is 24.0 Å². The molecule has 0 spiro atoms. The van der Waals surface area contributed by atoms with Crippen molar-refractivity contribution < 1.29 is 25.7 Å². The van der Waals surface area contributed by atoms with Crippen LogP contribution >= 0.6 is 24.0 Å². The maximum atomic E-state index is 14.0. The van der Waals surface area contributed by atoms with Crippen LogP contribution in [-0.2, 0) is 27.2 Å². The summed E-state index contributed by atoms with van der Waals surface area (Å²) in [5.74, 6) is -1.09. The van der Waals surface area contributed by atoms with Crippen molar-refractivity contribution in [2.75, 3.05) is 20.3 Å². The van der Waals surface area contributed by atoms with Crippen molar-refractivity contribution in [2.24, 2.45) is 17.8 Å². The van der Waals surface area contributed by atoms with Crippen LogP contribution in [0.4, 0.5) is 0 Å². The first-order valence-corrected chi connectivity index (χ1v) is 18.4. The van der Waals surface area contributed by atoms with Gasteiger partial charge in [-0.05, 0) is 82.1 Å². The van der Waals surface area contributed by atoms with Gasteiger partial charge in [0.05, 0.1) is 12.4 Å². The molecule has 6 unspecified atom stereocenters. The second-order valence-corrected chi connectivity index (χ2v) is 15.1. The predicted molar refractivity (Wildman–Crippen MR) is 193 cm³/mol. The molecule has 1 fully saturated rings. The first-order valence-electron chi connectivity index (χ1n) is 17.6. The number of Topliss-reactive ketones (excluding diaryl/α,β-unsaturated/α-hetero) is 1. The fraction of sp³-hybridized carbons (Fsp3) is 0.639. The highest BCUT2D eigenvalue weighted by atomic mass is 32.1. The smallest absolute Gasteiger partial charge is 0.270 e. The highest BCUT2D eigenvalue weighted by Crippen LogP contribution is 2.24. The number of carbonyl (C=O) groups excluding carboxylic acids is 4. The number of hydrogen-bond acceptors (Lipinski definition) is 9. The van der Waals surface area contributed by atoms with Gasteiger partial charge in [0.25, 0.3) is 5.91 Å². The van der Waals surface area contributed by atoms with E-state index in [1.165, 1.54) is 16.2 Å². The number of likely N-dealkylation sites (tertiary alicyclic amines) is 1. The molecule has 6 atom stereocenters. The molecule has 1 saturated heterocycles. The van der Waals surface area contributed by atoms with Gasteiger partial charge in [0.15, 0.2) is 0 Å². The van der Waals surface area contributed by atoms with Crippen LogP contribution in [0.5, 0.6) is 0 Å². The van der Waals surface area contributed by atoms with E-state index in [0.717, 1.165) is 30.0 Å². The third-order valence-corrected chi connectivity index (χ3v) is 10.8. The second kappa shape index (κ2) is 18.8. The van der Waals surface area contributed by atoms with Gasteiger partial charge in [0.2, 0.25) is 11.8 Å². The van der Waals surface area contributed by atoms with E-state index >= 15 is 0 Å². The molecule has 10 nitrogen and oxygen atoms in total. The van der Waals surface area contributed by atoms with Crippen molar-refractivity contribution in [2.45, 2.75) is 116 Å². The fourth-order valence-electron chi connectivity index (χ4n) is 6.30. The van der Waals surface area contributed by atoms with E-state index in [9.17, 15) is 24.3 Å². The lowest BCUT2D eigenvalue weighted by Gasteiger charge is -2.37. The van der Waals surface area contributed by atoms with Crippen molar-refractivity contribution in [1.29, 1.82) is 0 Å². The molecule has 48 heavy (non-hydrogen) atoms. The Hall–Kier alpha value is -2.80. The molecule has 3 rings (SSSR count). The summed E-state index contributed by atoms with van der Waals surface area (Å²) in [5.41, 5.74) is 1.19. The van der Waals surface area contributed by atoms with Crippen LogP contribution in [0.3, 0.4) is 0 Å². The van der Waals surface area contributed by atoms with Gasteiger partial charge in [-0.25, -0.2) is 4.98 Å². The first kappa shape index (κ1) is 38.0. The number of ketones is 1. The van der Waals surface area contributed by atoms with Gasteiger partial charge in [-0.1, -0.05) is 53.2 Å². The van der Waals surface area contributed by atoms with E-state index in [4.69, 9.17) is 1.37 Å². The number of aromatic nitrogens is 1. The number of thiol groups is 1. The van der Waals surface area contributed by atoms with Crippen LogP contribution in [-0.4, -0.2) is 87.9 Å². The molecule has 2 heterocycles. The molecule has 12 heteroatoms. The number of aliphatic hydroxyl groups excluding tert-OH is 1. The van der Waals surface area contributed by atoms with Gasteiger partial charge in [0, 0.05) is 34.7 Å². The van der Waals surface area contributed by atoms with Crippen LogP contribution in [0, 0.1) is 17.8 Å². The number of carbonyl (C=O) groups is 4. The summed E-state index contributed by atoms with van der Waals surface area (Å²) in [6, 6.07) is 3.97. The molecular weight excluding hydrogens is 647 g/mol. The third kappa shape index (κ3) is 11.1. The molecule has 3 N–H and O–H groups in total. The number of likely N-dealkylation sites (N-methyl/N-ethyl adjacent to an activating group) is 1. The number of benzene rings is 1. The van der Waals surface area contributed by atoms with Gasteiger partial charge >= 0.3 is 0 Å². The van der Waals surface area contributed by atoms with Crippen LogP contribution in [0.15, 0.2) is 34.5 Å². The Morgan fingerprint density at radius 3 is 2.54 bits per heavy atom. The molecule has 0 radical (unpaired) electrons. The molecule has 1 aromatic heterocycles. The fourth-order valence-corrected chi connectivity index (χ4v) is 7.33. The summed E-state index contributed by atoms with van der Waals surface area (Å²) in [7, 11) is 1.92. The average molecular weight is 704 g/mol. The van der Waals surface area contributed by atoms with E-state index in [0.29, 0.717) is 43.0 Å². The van der Waals surface area contributed by atoms with E-state index in [1.807, 2.05) is 58.7 Å². The zero-order valence-corrected chi connectivity index (χ0v) is 31.2. The first-order chi connectivity index (χ1) is 23.2. The van der Waals surface area contributed by atoms with Crippen molar-refractivity contribution >= 4 is 47.5 Å². The molecule has 1 aliphatic heterocycles. The van der Waals surface area contributed by atoms with Crippen molar-refractivity contribution in [3.63, 3.8) is 0 Å². The number of nitrogens with one attached hydrogen (secondary N) is 2. The average Bonchev–Trinajstić information content (AvgIpc) is 3.71. The molecule has 1 aliphatic rings. The van der Waals surface area contributed by atoms with Crippen molar-refractivity contribution in [3.8, 4) is 0 Å². The highest BCUT2D eigenvalue weighted by molar-refractivity contribution is 7.80. The number of thiazole rings is 1. The van der Waals surface area contributed by atoms with Crippen LogP contribution in [0.2, 0.25) is 0 Å². The van der Waals surface area contributed by atoms with Crippen LogP contribution in [0.25, 0.3) is 0 Å². The molecular formula is C36H55N5O5S2. The summed E-state index contributed by atoms with van der Waals surface area (Å²) in [4.78, 5) is 61.2. The Morgan fingerprint density at radius 1 is 1.23 bits per heavy atom.